The standard InChI is InChI=1S/C13H28O6S/c1-4-6-8-10-17-13(3,12-19-20(14,15)16)18-11-9-7-5-2/h4-12H2,1-3H3,(H,14,15,16). The Balaban J connectivity index is 4.26. The van der Waals surface area contributed by atoms with E-state index in [4.69, 9.17) is 14.0 Å². The zero-order valence-electron chi connectivity index (χ0n) is 12.8. The van der Waals surface area contributed by atoms with Crippen LogP contribution in [0.5, 0.6) is 0 Å². The molecule has 0 saturated carbocycles. The van der Waals surface area contributed by atoms with Gasteiger partial charge in [0.1, 0.15) is 6.61 Å². The molecule has 0 aliphatic rings. The lowest BCUT2D eigenvalue weighted by atomic mass is 10.2. The van der Waals surface area contributed by atoms with Gasteiger partial charge in [0, 0.05) is 0 Å². The van der Waals surface area contributed by atoms with Crippen molar-refractivity contribution < 1.29 is 26.6 Å². The molecule has 0 aromatic rings. The van der Waals surface area contributed by atoms with Crippen molar-refractivity contribution in [2.45, 2.75) is 65.1 Å². The van der Waals surface area contributed by atoms with Crippen LogP contribution in [0.25, 0.3) is 0 Å². The smallest absolute Gasteiger partial charge is 0.348 e. The van der Waals surface area contributed by atoms with Gasteiger partial charge in [0.15, 0.2) is 5.79 Å². The Bertz CT molecular complexity index is 316. The highest BCUT2D eigenvalue weighted by Gasteiger charge is 2.28. The molecular formula is C13H28O6S. The Morgan fingerprint density at radius 1 is 0.950 bits per heavy atom. The van der Waals surface area contributed by atoms with E-state index < -0.39 is 16.2 Å². The molecule has 0 rings (SSSR count). The van der Waals surface area contributed by atoms with E-state index in [0.29, 0.717) is 13.2 Å². The van der Waals surface area contributed by atoms with Crippen LogP contribution in [0.1, 0.15) is 59.3 Å². The number of ether oxygens (including phenoxy) is 2. The summed E-state index contributed by atoms with van der Waals surface area (Å²) in [5.74, 6) is -1.16. The van der Waals surface area contributed by atoms with Gasteiger partial charge in [0.2, 0.25) is 0 Å². The zero-order valence-corrected chi connectivity index (χ0v) is 13.6. The van der Waals surface area contributed by atoms with E-state index in [-0.39, 0.29) is 6.61 Å². The number of rotatable bonds is 13. The molecule has 0 aromatic heterocycles. The molecule has 0 atom stereocenters. The largest absolute Gasteiger partial charge is 0.397 e. The van der Waals surface area contributed by atoms with Crippen LogP contribution in [0, 0.1) is 0 Å². The molecule has 122 valence electrons. The molecule has 0 saturated heterocycles. The third-order valence-corrected chi connectivity index (χ3v) is 3.20. The van der Waals surface area contributed by atoms with E-state index in [1.807, 2.05) is 0 Å². The van der Waals surface area contributed by atoms with E-state index in [1.165, 1.54) is 0 Å². The van der Waals surface area contributed by atoms with Gasteiger partial charge in [-0.25, -0.2) is 4.18 Å². The van der Waals surface area contributed by atoms with Crippen molar-refractivity contribution in [1.29, 1.82) is 0 Å². The molecule has 0 radical (unpaired) electrons. The highest BCUT2D eigenvalue weighted by atomic mass is 32.3. The van der Waals surface area contributed by atoms with Crippen LogP contribution in [0.4, 0.5) is 0 Å². The highest BCUT2D eigenvalue weighted by molar-refractivity contribution is 7.80. The van der Waals surface area contributed by atoms with Crippen LogP contribution in [0.3, 0.4) is 0 Å². The summed E-state index contributed by atoms with van der Waals surface area (Å²) in [5, 5.41) is 0. The van der Waals surface area contributed by atoms with Gasteiger partial charge in [-0.2, -0.15) is 8.42 Å². The first-order valence-corrected chi connectivity index (χ1v) is 8.59. The Labute approximate surface area is 122 Å². The van der Waals surface area contributed by atoms with Crippen LogP contribution in [-0.2, 0) is 24.1 Å². The zero-order chi connectivity index (χ0) is 15.5. The lowest BCUT2D eigenvalue weighted by Gasteiger charge is -2.29. The molecule has 6 nitrogen and oxygen atoms in total. The van der Waals surface area contributed by atoms with Crippen molar-refractivity contribution in [2.75, 3.05) is 19.8 Å². The highest BCUT2D eigenvalue weighted by Crippen LogP contribution is 2.16. The molecular weight excluding hydrogens is 284 g/mol. The van der Waals surface area contributed by atoms with Gasteiger partial charge >= 0.3 is 10.4 Å². The minimum Gasteiger partial charge on any atom is -0.348 e. The second-order valence-electron chi connectivity index (χ2n) is 4.93. The van der Waals surface area contributed by atoms with Gasteiger partial charge in [-0.3, -0.25) is 4.55 Å². The van der Waals surface area contributed by atoms with E-state index >= 15 is 0 Å². The van der Waals surface area contributed by atoms with Crippen LogP contribution in [-0.4, -0.2) is 38.6 Å². The lowest BCUT2D eigenvalue weighted by Crippen LogP contribution is -2.39. The molecule has 1 N–H and O–H groups in total. The molecule has 0 fully saturated rings. The molecule has 0 aliphatic heterocycles. The third kappa shape index (κ3) is 11.6. The summed E-state index contributed by atoms with van der Waals surface area (Å²) >= 11 is 0. The topological polar surface area (TPSA) is 82.1 Å². The van der Waals surface area contributed by atoms with Crippen LogP contribution in [0.15, 0.2) is 0 Å². The van der Waals surface area contributed by atoms with Gasteiger partial charge in [0.25, 0.3) is 0 Å². The normalized spacial score (nSPS) is 12.8. The van der Waals surface area contributed by atoms with E-state index in [2.05, 4.69) is 18.0 Å². The first-order valence-electron chi connectivity index (χ1n) is 7.22. The van der Waals surface area contributed by atoms with Gasteiger partial charge < -0.3 is 9.47 Å². The molecule has 0 aromatic carbocycles. The summed E-state index contributed by atoms with van der Waals surface area (Å²) in [5.41, 5.74) is 0. The average molecular weight is 312 g/mol. The fourth-order valence-electron chi connectivity index (χ4n) is 1.59. The van der Waals surface area contributed by atoms with Gasteiger partial charge in [-0.05, 0) is 19.8 Å². The quantitative estimate of drug-likeness (QED) is 0.320. The summed E-state index contributed by atoms with van der Waals surface area (Å²) in [6, 6.07) is 0. The molecule has 20 heavy (non-hydrogen) atoms. The Morgan fingerprint density at radius 3 is 1.75 bits per heavy atom. The predicted molar refractivity (Wildman–Crippen MR) is 76.9 cm³/mol. The monoisotopic (exact) mass is 312 g/mol. The second kappa shape index (κ2) is 10.5. The molecule has 0 heterocycles. The first kappa shape index (κ1) is 19.8. The maximum atomic E-state index is 10.7. The van der Waals surface area contributed by atoms with Crippen LogP contribution >= 0.6 is 0 Å². The van der Waals surface area contributed by atoms with Crippen molar-refractivity contribution in [1.82, 2.24) is 0 Å². The molecule has 0 spiro atoms. The molecule has 7 heteroatoms. The molecule has 0 unspecified atom stereocenters. The van der Waals surface area contributed by atoms with Crippen molar-refractivity contribution in [3.63, 3.8) is 0 Å². The maximum Gasteiger partial charge on any atom is 0.397 e. The summed E-state index contributed by atoms with van der Waals surface area (Å²) in [4.78, 5) is 0. The fraction of sp³-hybridized carbons (Fsp3) is 1.00. The maximum absolute atomic E-state index is 10.7. The fourth-order valence-corrected chi connectivity index (χ4v) is 1.95. The van der Waals surface area contributed by atoms with Crippen molar-refractivity contribution >= 4 is 10.4 Å². The number of hydrogen-bond donors (Lipinski definition) is 1. The van der Waals surface area contributed by atoms with Gasteiger partial charge in [-0.1, -0.05) is 39.5 Å². The number of hydrogen-bond acceptors (Lipinski definition) is 5. The summed E-state index contributed by atoms with van der Waals surface area (Å²) in [6.07, 6.45) is 5.95. The van der Waals surface area contributed by atoms with E-state index in [9.17, 15) is 8.42 Å². The van der Waals surface area contributed by atoms with Crippen molar-refractivity contribution in [3.8, 4) is 0 Å². The van der Waals surface area contributed by atoms with Crippen LogP contribution < -0.4 is 0 Å². The molecule has 0 aliphatic carbocycles. The minimum atomic E-state index is -4.49. The first-order chi connectivity index (χ1) is 9.33. The Kier molecular flexibility index (Phi) is 10.4. The number of unbranched alkanes of at least 4 members (excludes halogenated alkanes) is 4. The second-order valence-corrected chi connectivity index (χ2v) is 6.03. The van der Waals surface area contributed by atoms with E-state index in [1.54, 1.807) is 6.92 Å². The SMILES string of the molecule is CCCCCOC(C)(COS(=O)(=O)O)OCCCCC. The third-order valence-electron chi connectivity index (χ3n) is 2.78. The summed E-state index contributed by atoms with van der Waals surface area (Å²) < 4.78 is 45.5. The molecule has 0 amide bonds. The Morgan fingerprint density at radius 2 is 1.40 bits per heavy atom. The van der Waals surface area contributed by atoms with Crippen molar-refractivity contribution in [3.05, 3.63) is 0 Å². The lowest BCUT2D eigenvalue weighted by molar-refractivity contribution is -0.240. The van der Waals surface area contributed by atoms with Gasteiger partial charge in [-0.15, -0.1) is 0 Å². The summed E-state index contributed by atoms with van der Waals surface area (Å²) in [7, 11) is -4.49. The Hall–Kier alpha value is -0.210. The van der Waals surface area contributed by atoms with Crippen LogP contribution in [0.2, 0.25) is 0 Å². The van der Waals surface area contributed by atoms with Crippen molar-refractivity contribution in [2.24, 2.45) is 0 Å². The van der Waals surface area contributed by atoms with Gasteiger partial charge in [0.05, 0.1) is 13.2 Å². The average Bonchev–Trinajstić information content (AvgIpc) is 2.37. The molecule has 0 bridgehead atoms. The predicted octanol–water partition coefficient (Wildman–Crippen LogP) is 2.94. The minimum absolute atomic E-state index is 0.357. The van der Waals surface area contributed by atoms with E-state index in [0.717, 1.165) is 38.5 Å². The summed E-state index contributed by atoms with van der Waals surface area (Å²) in [6.45, 7) is 6.36.